The van der Waals surface area contributed by atoms with E-state index in [2.05, 4.69) is 25.5 Å². The lowest BCUT2D eigenvalue weighted by Gasteiger charge is -2.15. The fourth-order valence-corrected chi connectivity index (χ4v) is 3.87. The Bertz CT molecular complexity index is 1140. The predicted octanol–water partition coefficient (Wildman–Crippen LogP) is 3.73. The maximum absolute atomic E-state index is 14.4. The van der Waals surface area contributed by atoms with E-state index in [0.717, 1.165) is 11.3 Å². The van der Waals surface area contributed by atoms with Crippen LogP contribution in [0.3, 0.4) is 0 Å². The Morgan fingerprint density at radius 2 is 2.16 bits per heavy atom. The quantitative estimate of drug-likeness (QED) is 0.511. The third-order valence-corrected chi connectivity index (χ3v) is 5.72. The van der Waals surface area contributed by atoms with Crippen LogP contribution in [0.25, 0.3) is 11.1 Å². The summed E-state index contributed by atoms with van der Waals surface area (Å²) in [7, 11) is 1.50. The number of anilines is 1. The van der Waals surface area contributed by atoms with E-state index in [1.807, 2.05) is 6.92 Å². The van der Waals surface area contributed by atoms with Crippen LogP contribution in [0.1, 0.15) is 22.5 Å². The second kappa shape index (κ2) is 9.31. The van der Waals surface area contributed by atoms with Gasteiger partial charge in [0, 0.05) is 36.0 Å². The van der Waals surface area contributed by atoms with Gasteiger partial charge in [-0.1, -0.05) is 16.7 Å². The highest BCUT2D eigenvalue weighted by molar-refractivity contribution is 7.17. The van der Waals surface area contributed by atoms with Crippen molar-refractivity contribution in [2.75, 3.05) is 32.2 Å². The molecule has 1 saturated heterocycles. The van der Waals surface area contributed by atoms with Crippen molar-refractivity contribution >= 4 is 34.0 Å². The molecule has 0 aromatic carbocycles. The summed E-state index contributed by atoms with van der Waals surface area (Å²) in [6.45, 7) is 1.96. The van der Waals surface area contributed by atoms with Crippen molar-refractivity contribution in [1.29, 1.82) is 0 Å². The van der Waals surface area contributed by atoms with Gasteiger partial charge in [-0.05, 0) is 30.4 Å². The monoisotopic (exact) mass is 479 g/mol. The molecule has 1 aliphatic heterocycles. The first-order valence-corrected chi connectivity index (χ1v) is 10.8. The molecule has 3 aromatic rings. The summed E-state index contributed by atoms with van der Waals surface area (Å²) in [5, 5.41) is 11.0. The van der Waals surface area contributed by atoms with Crippen LogP contribution >= 0.6 is 22.9 Å². The SMILES string of the molecule is COc1cnc(Cl)cc1-c1cc(C)ncc1C(=O)Nc1nnc(OC[C@@]2(F)CCOC2)s1. The fraction of sp³-hybridized carbons (Fsp3) is 0.350. The molecular formula is C20H19ClFN5O4S. The molecule has 3 aromatic heterocycles. The minimum Gasteiger partial charge on any atom is -0.494 e. The van der Waals surface area contributed by atoms with E-state index in [1.54, 1.807) is 12.1 Å². The Morgan fingerprint density at radius 1 is 1.31 bits per heavy atom. The van der Waals surface area contributed by atoms with Crippen LogP contribution < -0.4 is 14.8 Å². The Labute approximate surface area is 191 Å². The molecule has 12 heteroatoms. The molecule has 1 aliphatic rings. The highest BCUT2D eigenvalue weighted by Crippen LogP contribution is 2.34. The van der Waals surface area contributed by atoms with E-state index in [0.29, 0.717) is 29.2 Å². The molecular weight excluding hydrogens is 461 g/mol. The van der Waals surface area contributed by atoms with Crippen LogP contribution in [-0.4, -0.2) is 58.7 Å². The maximum atomic E-state index is 14.4. The number of rotatable bonds is 7. The van der Waals surface area contributed by atoms with Gasteiger partial charge in [-0.25, -0.2) is 9.37 Å². The molecule has 9 nitrogen and oxygen atoms in total. The van der Waals surface area contributed by atoms with Gasteiger partial charge in [0.1, 0.15) is 17.5 Å². The van der Waals surface area contributed by atoms with Gasteiger partial charge in [-0.15, -0.1) is 5.10 Å². The van der Waals surface area contributed by atoms with Gasteiger partial charge in [-0.3, -0.25) is 15.1 Å². The molecule has 0 spiro atoms. The summed E-state index contributed by atoms with van der Waals surface area (Å²) < 4.78 is 30.2. The van der Waals surface area contributed by atoms with E-state index in [1.165, 1.54) is 19.5 Å². The van der Waals surface area contributed by atoms with Gasteiger partial charge in [0.25, 0.3) is 11.1 Å². The zero-order valence-electron chi connectivity index (χ0n) is 17.2. The summed E-state index contributed by atoms with van der Waals surface area (Å²) in [6, 6.07) is 3.37. The number of carbonyl (C=O) groups excluding carboxylic acids is 1. The highest BCUT2D eigenvalue weighted by Gasteiger charge is 2.36. The zero-order valence-corrected chi connectivity index (χ0v) is 18.8. The lowest BCUT2D eigenvalue weighted by atomic mass is 10.0. The first-order chi connectivity index (χ1) is 15.4. The number of aromatic nitrogens is 4. The third kappa shape index (κ3) is 4.95. The minimum absolute atomic E-state index is 0.0128. The number of methoxy groups -OCH3 is 1. The smallest absolute Gasteiger partial charge is 0.295 e. The Balaban J connectivity index is 1.54. The van der Waals surface area contributed by atoms with E-state index >= 15 is 0 Å². The largest absolute Gasteiger partial charge is 0.494 e. The van der Waals surface area contributed by atoms with E-state index in [9.17, 15) is 9.18 Å². The van der Waals surface area contributed by atoms with Gasteiger partial charge < -0.3 is 14.2 Å². The summed E-state index contributed by atoms with van der Waals surface area (Å²) in [5.74, 6) is -0.00645. The van der Waals surface area contributed by atoms with E-state index < -0.39 is 11.6 Å². The molecule has 1 fully saturated rings. The standard InChI is InChI=1S/C20H19ClFN5O4S/c1-11-5-12(13-6-16(21)24-8-15(13)29-2)14(7-23-11)17(28)25-18-26-27-19(32-18)31-10-20(22)3-4-30-9-20/h5-8H,3-4,9-10H2,1-2H3,(H,25,26,28)/t20-/m1/s1. The zero-order chi connectivity index (χ0) is 22.7. The topological polar surface area (TPSA) is 108 Å². The maximum Gasteiger partial charge on any atom is 0.295 e. The second-order valence-electron chi connectivity index (χ2n) is 7.15. The third-order valence-electron chi connectivity index (χ3n) is 4.77. The molecule has 0 unspecified atom stereocenters. The first kappa shape index (κ1) is 22.3. The lowest BCUT2D eigenvalue weighted by molar-refractivity contribution is 0.0639. The molecule has 32 heavy (non-hydrogen) atoms. The van der Waals surface area contributed by atoms with E-state index in [4.69, 9.17) is 25.8 Å². The summed E-state index contributed by atoms with van der Waals surface area (Å²) >= 11 is 7.06. The summed E-state index contributed by atoms with van der Waals surface area (Å²) in [4.78, 5) is 21.3. The average molecular weight is 480 g/mol. The van der Waals surface area contributed by atoms with Gasteiger partial charge >= 0.3 is 0 Å². The molecule has 4 rings (SSSR count). The van der Waals surface area contributed by atoms with Crippen LogP contribution in [-0.2, 0) is 4.74 Å². The molecule has 0 saturated carbocycles. The normalized spacial score (nSPS) is 17.9. The number of amides is 1. The second-order valence-corrected chi connectivity index (χ2v) is 8.48. The van der Waals surface area contributed by atoms with Gasteiger partial charge in [0.2, 0.25) is 5.13 Å². The highest BCUT2D eigenvalue weighted by atomic mass is 35.5. The Morgan fingerprint density at radius 3 is 2.91 bits per heavy atom. The van der Waals surface area contributed by atoms with Gasteiger partial charge in [0.15, 0.2) is 5.67 Å². The Kier molecular flexibility index (Phi) is 6.49. The molecule has 1 atom stereocenters. The van der Waals surface area contributed by atoms with E-state index in [-0.39, 0.29) is 40.7 Å². The predicted molar refractivity (Wildman–Crippen MR) is 116 cm³/mol. The van der Waals surface area contributed by atoms with Crippen molar-refractivity contribution in [2.24, 2.45) is 0 Å². The lowest BCUT2D eigenvalue weighted by Crippen LogP contribution is -2.31. The first-order valence-electron chi connectivity index (χ1n) is 9.58. The van der Waals surface area contributed by atoms with Crippen molar-refractivity contribution in [3.8, 4) is 22.1 Å². The van der Waals surface area contributed by atoms with Crippen molar-refractivity contribution in [3.05, 3.63) is 40.9 Å². The molecule has 1 N–H and O–H groups in total. The minimum atomic E-state index is -1.54. The van der Waals surface area contributed by atoms with Crippen LogP contribution in [0.4, 0.5) is 9.52 Å². The van der Waals surface area contributed by atoms with Crippen molar-refractivity contribution in [2.45, 2.75) is 19.0 Å². The number of aryl methyl sites for hydroxylation is 1. The fourth-order valence-electron chi connectivity index (χ4n) is 3.12. The van der Waals surface area contributed by atoms with Gasteiger partial charge in [-0.2, -0.15) is 0 Å². The van der Waals surface area contributed by atoms with Crippen LogP contribution in [0.15, 0.2) is 24.5 Å². The average Bonchev–Trinajstić information content (AvgIpc) is 3.41. The van der Waals surface area contributed by atoms with Crippen molar-refractivity contribution in [1.82, 2.24) is 20.2 Å². The molecule has 1 amide bonds. The van der Waals surface area contributed by atoms with Crippen LogP contribution in [0.2, 0.25) is 5.15 Å². The van der Waals surface area contributed by atoms with Crippen LogP contribution in [0.5, 0.6) is 10.9 Å². The number of ether oxygens (including phenoxy) is 3. The number of hydrogen-bond acceptors (Lipinski definition) is 9. The number of hydrogen-bond donors (Lipinski definition) is 1. The molecule has 0 aliphatic carbocycles. The number of pyridine rings is 2. The molecule has 0 radical (unpaired) electrons. The number of alkyl halides is 1. The summed E-state index contributed by atoms with van der Waals surface area (Å²) in [6.07, 6.45) is 3.21. The van der Waals surface area contributed by atoms with Crippen LogP contribution in [0, 0.1) is 6.92 Å². The van der Waals surface area contributed by atoms with Crippen molar-refractivity contribution < 1.29 is 23.4 Å². The number of nitrogens with one attached hydrogen (secondary N) is 1. The molecule has 168 valence electrons. The summed E-state index contributed by atoms with van der Waals surface area (Å²) in [5.41, 5.74) is 0.602. The molecule has 4 heterocycles. The number of nitrogens with zero attached hydrogens (tertiary/aromatic N) is 4. The van der Waals surface area contributed by atoms with Crippen molar-refractivity contribution in [3.63, 3.8) is 0 Å². The molecule has 0 bridgehead atoms. The Hall–Kier alpha value is -2.89. The van der Waals surface area contributed by atoms with Gasteiger partial charge in [0.05, 0.1) is 25.5 Å². The number of halogens is 2. The number of carbonyl (C=O) groups is 1.